The van der Waals surface area contributed by atoms with E-state index in [4.69, 9.17) is 4.74 Å². The molecule has 0 spiro atoms. The van der Waals surface area contributed by atoms with Gasteiger partial charge in [0.25, 0.3) is 0 Å². The minimum Gasteiger partial charge on any atom is -0.378 e. The van der Waals surface area contributed by atoms with E-state index >= 15 is 0 Å². The van der Waals surface area contributed by atoms with Crippen LogP contribution in [0.15, 0.2) is 30.3 Å². The van der Waals surface area contributed by atoms with Crippen LogP contribution >= 0.6 is 0 Å². The summed E-state index contributed by atoms with van der Waals surface area (Å²) in [4.78, 5) is 2.51. The molecule has 0 aromatic heterocycles. The number of morpholine rings is 1. The van der Waals surface area contributed by atoms with E-state index in [1.807, 2.05) is 0 Å². The monoisotopic (exact) mass is 205 g/mol. The molecule has 1 saturated heterocycles. The van der Waals surface area contributed by atoms with Gasteiger partial charge in [-0.15, -0.1) is 0 Å². The lowest BCUT2D eigenvalue weighted by molar-refractivity contribution is -0.0409. The molecule has 2 nitrogen and oxygen atoms in total. The van der Waals surface area contributed by atoms with Gasteiger partial charge in [0.2, 0.25) is 0 Å². The van der Waals surface area contributed by atoms with Crippen LogP contribution in [-0.2, 0) is 11.3 Å². The molecule has 82 valence electrons. The molecule has 2 atom stereocenters. The Morgan fingerprint density at radius 3 is 2.33 bits per heavy atom. The topological polar surface area (TPSA) is 12.5 Å². The highest BCUT2D eigenvalue weighted by Crippen LogP contribution is 2.16. The van der Waals surface area contributed by atoms with Gasteiger partial charge in [0.1, 0.15) is 0 Å². The Morgan fingerprint density at radius 1 is 1.13 bits per heavy atom. The third-order valence-electron chi connectivity index (χ3n) is 3.06. The average molecular weight is 205 g/mol. The average Bonchev–Trinajstić information content (AvgIpc) is 2.25. The van der Waals surface area contributed by atoms with E-state index in [2.05, 4.69) is 49.1 Å². The van der Waals surface area contributed by atoms with Gasteiger partial charge in [-0.1, -0.05) is 30.3 Å². The van der Waals surface area contributed by atoms with E-state index in [1.165, 1.54) is 5.56 Å². The molecule has 1 aromatic carbocycles. The lowest BCUT2D eigenvalue weighted by atomic mass is 10.1. The maximum atomic E-state index is 5.52. The van der Waals surface area contributed by atoms with Crippen LogP contribution in [0.1, 0.15) is 19.4 Å². The molecule has 2 unspecified atom stereocenters. The zero-order chi connectivity index (χ0) is 10.7. The Labute approximate surface area is 91.9 Å². The summed E-state index contributed by atoms with van der Waals surface area (Å²) in [7, 11) is 0. The van der Waals surface area contributed by atoms with Gasteiger partial charge in [0, 0.05) is 18.6 Å². The van der Waals surface area contributed by atoms with Gasteiger partial charge in [0.15, 0.2) is 0 Å². The van der Waals surface area contributed by atoms with Crippen LogP contribution in [-0.4, -0.2) is 30.2 Å². The molecule has 15 heavy (non-hydrogen) atoms. The van der Waals surface area contributed by atoms with Crippen molar-refractivity contribution in [3.63, 3.8) is 0 Å². The minimum atomic E-state index is 0.522. The second-order valence-corrected chi connectivity index (χ2v) is 4.39. The zero-order valence-electron chi connectivity index (χ0n) is 9.52. The Morgan fingerprint density at radius 2 is 1.73 bits per heavy atom. The molecule has 0 aliphatic carbocycles. The zero-order valence-corrected chi connectivity index (χ0v) is 9.52. The van der Waals surface area contributed by atoms with E-state index in [1.54, 1.807) is 0 Å². The highest BCUT2D eigenvalue weighted by molar-refractivity contribution is 5.14. The van der Waals surface area contributed by atoms with Crippen molar-refractivity contribution in [2.45, 2.75) is 32.5 Å². The van der Waals surface area contributed by atoms with E-state index in [9.17, 15) is 0 Å². The standard InChI is InChI=1S/C13H19NO/c1-11-9-15-10-12(2)14(11)8-13-6-4-3-5-7-13/h3-7,11-12H,8-10H2,1-2H3. The summed E-state index contributed by atoms with van der Waals surface area (Å²) in [6, 6.07) is 11.7. The third kappa shape index (κ3) is 2.58. The van der Waals surface area contributed by atoms with Gasteiger partial charge in [-0.05, 0) is 19.4 Å². The number of rotatable bonds is 2. The second kappa shape index (κ2) is 4.77. The predicted octanol–water partition coefficient (Wildman–Crippen LogP) is 2.30. The largest absolute Gasteiger partial charge is 0.378 e. The Bertz CT molecular complexity index is 289. The quantitative estimate of drug-likeness (QED) is 0.734. The van der Waals surface area contributed by atoms with Crippen molar-refractivity contribution in [2.75, 3.05) is 13.2 Å². The fraction of sp³-hybridized carbons (Fsp3) is 0.538. The van der Waals surface area contributed by atoms with Crippen LogP contribution in [0, 0.1) is 0 Å². The summed E-state index contributed by atoms with van der Waals surface area (Å²) in [5, 5.41) is 0. The molecular formula is C13H19NO. The van der Waals surface area contributed by atoms with Crippen molar-refractivity contribution in [3.05, 3.63) is 35.9 Å². The maximum absolute atomic E-state index is 5.52. The molecular weight excluding hydrogens is 186 g/mol. The Hall–Kier alpha value is -0.860. The first-order chi connectivity index (χ1) is 7.27. The van der Waals surface area contributed by atoms with Gasteiger partial charge < -0.3 is 4.74 Å². The molecule has 1 aromatic rings. The van der Waals surface area contributed by atoms with Crippen molar-refractivity contribution in [2.24, 2.45) is 0 Å². The summed E-state index contributed by atoms with van der Waals surface area (Å²) < 4.78 is 5.52. The molecule has 1 fully saturated rings. The summed E-state index contributed by atoms with van der Waals surface area (Å²) in [5.41, 5.74) is 1.39. The minimum absolute atomic E-state index is 0.522. The van der Waals surface area contributed by atoms with Crippen LogP contribution in [0.5, 0.6) is 0 Å². The number of benzene rings is 1. The van der Waals surface area contributed by atoms with Crippen molar-refractivity contribution < 1.29 is 4.74 Å². The fourth-order valence-electron chi connectivity index (χ4n) is 2.14. The summed E-state index contributed by atoms with van der Waals surface area (Å²) in [5.74, 6) is 0. The van der Waals surface area contributed by atoms with Gasteiger partial charge in [0.05, 0.1) is 13.2 Å². The summed E-state index contributed by atoms with van der Waals surface area (Å²) in [6.45, 7) is 7.22. The maximum Gasteiger partial charge on any atom is 0.0620 e. The number of hydrogen-bond donors (Lipinski definition) is 0. The molecule has 2 heteroatoms. The van der Waals surface area contributed by atoms with Crippen LogP contribution in [0.4, 0.5) is 0 Å². The fourth-order valence-corrected chi connectivity index (χ4v) is 2.14. The first-order valence-electron chi connectivity index (χ1n) is 5.65. The van der Waals surface area contributed by atoms with Crippen LogP contribution in [0.2, 0.25) is 0 Å². The smallest absolute Gasteiger partial charge is 0.0620 e. The van der Waals surface area contributed by atoms with Crippen LogP contribution < -0.4 is 0 Å². The number of ether oxygens (including phenoxy) is 1. The van der Waals surface area contributed by atoms with Crippen LogP contribution in [0.3, 0.4) is 0 Å². The normalized spacial score (nSPS) is 27.9. The predicted molar refractivity (Wildman–Crippen MR) is 61.7 cm³/mol. The lowest BCUT2D eigenvalue weighted by Gasteiger charge is -2.38. The Balaban J connectivity index is 2.03. The van der Waals surface area contributed by atoms with Crippen molar-refractivity contribution in [1.29, 1.82) is 0 Å². The highest BCUT2D eigenvalue weighted by Gasteiger charge is 2.24. The van der Waals surface area contributed by atoms with E-state index in [-0.39, 0.29) is 0 Å². The molecule has 0 radical (unpaired) electrons. The first kappa shape index (κ1) is 10.7. The first-order valence-corrected chi connectivity index (χ1v) is 5.65. The van der Waals surface area contributed by atoms with Gasteiger partial charge in [-0.25, -0.2) is 0 Å². The van der Waals surface area contributed by atoms with Crippen molar-refractivity contribution in [3.8, 4) is 0 Å². The molecule has 0 N–H and O–H groups in total. The van der Waals surface area contributed by atoms with Crippen molar-refractivity contribution in [1.82, 2.24) is 4.90 Å². The third-order valence-corrected chi connectivity index (χ3v) is 3.06. The molecule has 1 aliphatic rings. The summed E-state index contributed by atoms with van der Waals surface area (Å²) in [6.07, 6.45) is 0. The molecule has 2 rings (SSSR count). The molecule has 1 heterocycles. The van der Waals surface area contributed by atoms with E-state index in [0.717, 1.165) is 19.8 Å². The highest BCUT2D eigenvalue weighted by atomic mass is 16.5. The molecule has 1 aliphatic heterocycles. The van der Waals surface area contributed by atoms with E-state index in [0.29, 0.717) is 12.1 Å². The molecule has 0 saturated carbocycles. The van der Waals surface area contributed by atoms with Gasteiger partial charge in [-0.3, -0.25) is 4.90 Å². The summed E-state index contributed by atoms with van der Waals surface area (Å²) >= 11 is 0. The number of nitrogens with zero attached hydrogens (tertiary/aromatic N) is 1. The van der Waals surface area contributed by atoms with Crippen molar-refractivity contribution >= 4 is 0 Å². The second-order valence-electron chi connectivity index (χ2n) is 4.39. The number of hydrogen-bond acceptors (Lipinski definition) is 2. The van der Waals surface area contributed by atoms with Gasteiger partial charge >= 0.3 is 0 Å². The SMILES string of the molecule is CC1COCC(C)N1Cc1ccccc1. The van der Waals surface area contributed by atoms with Gasteiger partial charge in [-0.2, -0.15) is 0 Å². The van der Waals surface area contributed by atoms with E-state index < -0.39 is 0 Å². The Kier molecular flexibility index (Phi) is 3.39. The lowest BCUT2D eigenvalue weighted by Crippen LogP contribution is -2.48. The molecule has 0 bridgehead atoms. The molecule has 0 amide bonds. The van der Waals surface area contributed by atoms with Crippen LogP contribution in [0.25, 0.3) is 0 Å².